The minimum absolute atomic E-state index is 0.0426. The van der Waals surface area contributed by atoms with E-state index in [1.165, 1.54) is 0 Å². The molecule has 0 radical (unpaired) electrons. The zero-order chi connectivity index (χ0) is 16.8. The predicted molar refractivity (Wildman–Crippen MR) is 89.7 cm³/mol. The van der Waals surface area contributed by atoms with Crippen LogP contribution in [0.3, 0.4) is 0 Å². The van der Waals surface area contributed by atoms with Crippen LogP contribution < -0.4 is 10.6 Å². The van der Waals surface area contributed by atoms with Gasteiger partial charge in [-0.2, -0.15) is 15.0 Å². The number of nitrogens with zero attached hydrogens (tertiary/aromatic N) is 3. The van der Waals surface area contributed by atoms with Crippen molar-refractivity contribution < 1.29 is 9.53 Å². The molecular formula is C13H12Cl3N5O2. The summed E-state index contributed by atoms with van der Waals surface area (Å²) in [6.07, 6.45) is 0. The molecule has 122 valence electrons. The number of hydrogen-bond acceptors (Lipinski definition) is 7. The summed E-state index contributed by atoms with van der Waals surface area (Å²) in [6, 6.07) is 4.92. The van der Waals surface area contributed by atoms with Gasteiger partial charge in [0.05, 0.1) is 17.3 Å². The van der Waals surface area contributed by atoms with Gasteiger partial charge in [0.25, 0.3) is 0 Å². The maximum absolute atomic E-state index is 11.3. The van der Waals surface area contributed by atoms with Gasteiger partial charge in [-0.1, -0.05) is 23.2 Å². The van der Waals surface area contributed by atoms with Gasteiger partial charge < -0.3 is 15.4 Å². The van der Waals surface area contributed by atoms with E-state index in [1.54, 1.807) is 25.1 Å². The SMILES string of the molecule is CCOC(=O)CNc1nc(Cl)nc(Nc2ccc(Cl)cc2Cl)n1. The van der Waals surface area contributed by atoms with Crippen LogP contribution in [0.1, 0.15) is 6.92 Å². The molecule has 0 amide bonds. The van der Waals surface area contributed by atoms with E-state index in [4.69, 9.17) is 39.5 Å². The third kappa shape index (κ3) is 5.38. The standard InChI is InChI=1S/C13H12Cl3N5O2/c1-2-23-10(22)6-17-12-19-11(16)20-13(21-12)18-9-4-3-7(14)5-8(9)15/h3-5H,2,6H2,1H3,(H2,17,18,19,20,21). The zero-order valence-electron chi connectivity index (χ0n) is 11.9. The van der Waals surface area contributed by atoms with Crippen LogP contribution in [0.5, 0.6) is 0 Å². The summed E-state index contributed by atoms with van der Waals surface area (Å²) in [6.45, 7) is 1.92. The number of ether oxygens (including phenoxy) is 1. The molecule has 0 spiro atoms. The van der Waals surface area contributed by atoms with Crippen molar-refractivity contribution in [1.29, 1.82) is 0 Å². The minimum Gasteiger partial charge on any atom is -0.465 e. The second-order valence-corrected chi connectivity index (χ2v) is 5.34. The topological polar surface area (TPSA) is 89.0 Å². The van der Waals surface area contributed by atoms with Crippen LogP contribution in [0, 0.1) is 0 Å². The van der Waals surface area contributed by atoms with Crippen molar-refractivity contribution in [3.05, 3.63) is 33.5 Å². The second-order valence-electron chi connectivity index (χ2n) is 4.16. The number of esters is 1. The zero-order valence-corrected chi connectivity index (χ0v) is 14.2. The summed E-state index contributed by atoms with van der Waals surface area (Å²) >= 11 is 17.8. The Morgan fingerprint density at radius 3 is 2.61 bits per heavy atom. The van der Waals surface area contributed by atoms with E-state index in [2.05, 4.69) is 25.6 Å². The fourth-order valence-electron chi connectivity index (χ4n) is 1.56. The van der Waals surface area contributed by atoms with Gasteiger partial charge in [0.15, 0.2) is 0 Å². The molecule has 0 aliphatic heterocycles. The number of rotatable bonds is 6. The van der Waals surface area contributed by atoms with Gasteiger partial charge in [-0.15, -0.1) is 0 Å². The maximum Gasteiger partial charge on any atom is 0.325 e. The lowest BCUT2D eigenvalue weighted by Crippen LogP contribution is -2.18. The normalized spacial score (nSPS) is 10.3. The molecule has 2 N–H and O–H groups in total. The summed E-state index contributed by atoms with van der Waals surface area (Å²) in [4.78, 5) is 23.2. The van der Waals surface area contributed by atoms with Crippen molar-refractivity contribution in [2.24, 2.45) is 0 Å². The van der Waals surface area contributed by atoms with E-state index >= 15 is 0 Å². The monoisotopic (exact) mass is 375 g/mol. The number of hydrogen-bond donors (Lipinski definition) is 2. The van der Waals surface area contributed by atoms with E-state index in [0.717, 1.165) is 0 Å². The van der Waals surface area contributed by atoms with Gasteiger partial charge in [-0.3, -0.25) is 4.79 Å². The second kappa shape index (κ2) is 8.14. The van der Waals surface area contributed by atoms with E-state index in [-0.39, 0.29) is 23.7 Å². The number of carbonyl (C=O) groups excluding carboxylic acids is 1. The maximum atomic E-state index is 11.3. The highest BCUT2D eigenvalue weighted by molar-refractivity contribution is 6.36. The smallest absolute Gasteiger partial charge is 0.325 e. The molecule has 23 heavy (non-hydrogen) atoms. The lowest BCUT2D eigenvalue weighted by molar-refractivity contribution is -0.140. The van der Waals surface area contributed by atoms with E-state index in [1.807, 2.05) is 0 Å². The molecule has 0 aliphatic rings. The molecular weight excluding hydrogens is 365 g/mol. The molecule has 7 nitrogen and oxygen atoms in total. The average Bonchev–Trinajstić information content (AvgIpc) is 2.48. The van der Waals surface area contributed by atoms with Crippen molar-refractivity contribution >= 4 is 58.4 Å². The highest BCUT2D eigenvalue weighted by Crippen LogP contribution is 2.27. The molecule has 10 heteroatoms. The van der Waals surface area contributed by atoms with Crippen LogP contribution >= 0.6 is 34.8 Å². The first kappa shape index (κ1) is 17.5. The lowest BCUT2D eigenvalue weighted by Gasteiger charge is -2.09. The van der Waals surface area contributed by atoms with Crippen molar-refractivity contribution in [2.75, 3.05) is 23.8 Å². The average molecular weight is 377 g/mol. The van der Waals surface area contributed by atoms with Crippen LogP contribution in [0.25, 0.3) is 0 Å². The Balaban J connectivity index is 2.12. The van der Waals surface area contributed by atoms with E-state index in [9.17, 15) is 4.79 Å². The molecule has 0 saturated heterocycles. The molecule has 0 unspecified atom stereocenters. The first-order chi connectivity index (χ1) is 11.0. The number of nitrogens with one attached hydrogen (secondary N) is 2. The first-order valence-corrected chi connectivity index (χ1v) is 7.64. The number of halogens is 3. The van der Waals surface area contributed by atoms with Gasteiger partial charge in [0.1, 0.15) is 6.54 Å². The largest absolute Gasteiger partial charge is 0.465 e. The van der Waals surface area contributed by atoms with Crippen LogP contribution in [0.15, 0.2) is 18.2 Å². The van der Waals surface area contributed by atoms with Crippen molar-refractivity contribution in [1.82, 2.24) is 15.0 Å². The fraction of sp³-hybridized carbons (Fsp3) is 0.231. The number of aromatic nitrogens is 3. The number of anilines is 3. The van der Waals surface area contributed by atoms with E-state index < -0.39 is 5.97 Å². The molecule has 2 rings (SSSR count). The summed E-state index contributed by atoms with van der Waals surface area (Å²) in [5.74, 6) is -0.134. The summed E-state index contributed by atoms with van der Waals surface area (Å²) in [7, 11) is 0. The third-order valence-electron chi connectivity index (χ3n) is 2.48. The predicted octanol–water partition coefficient (Wildman–Crippen LogP) is 3.55. The molecule has 1 aromatic heterocycles. The van der Waals surface area contributed by atoms with Gasteiger partial charge in [-0.05, 0) is 36.7 Å². The molecule has 1 heterocycles. The van der Waals surface area contributed by atoms with Crippen molar-refractivity contribution in [3.63, 3.8) is 0 Å². The molecule has 0 atom stereocenters. The van der Waals surface area contributed by atoms with E-state index in [0.29, 0.717) is 22.3 Å². The van der Waals surface area contributed by atoms with Crippen molar-refractivity contribution in [3.8, 4) is 0 Å². The van der Waals surface area contributed by atoms with Crippen LogP contribution in [0.4, 0.5) is 17.6 Å². The molecule has 1 aromatic carbocycles. The molecule has 0 saturated carbocycles. The van der Waals surface area contributed by atoms with Gasteiger partial charge in [-0.25, -0.2) is 0 Å². The minimum atomic E-state index is -0.431. The Bertz CT molecular complexity index is 714. The molecule has 2 aromatic rings. The Morgan fingerprint density at radius 1 is 1.17 bits per heavy atom. The highest BCUT2D eigenvalue weighted by atomic mass is 35.5. The summed E-state index contributed by atoms with van der Waals surface area (Å²) in [5, 5.41) is 6.47. The van der Waals surface area contributed by atoms with Gasteiger partial charge >= 0.3 is 5.97 Å². The van der Waals surface area contributed by atoms with Gasteiger partial charge in [0.2, 0.25) is 17.2 Å². The number of benzene rings is 1. The number of carbonyl (C=O) groups is 1. The lowest BCUT2D eigenvalue weighted by atomic mass is 10.3. The van der Waals surface area contributed by atoms with Crippen molar-refractivity contribution in [2.45, 2.75) is 6.92 Å². The summed E-state index contributed by atoms with van der Waals surface area (Å²) in [5.41, 5.74) is 0.551. The summed E-state index contributed by atoms with van der Waals surface area (Å²) < 4.78 is 4.80. The van der Waals surface area contributed by atoms with Crippen LogP contribution in [-0.4, -0.2) is 34.1 Å². The Labute approximate surface area is 147 Å². The van der Waals surface area contributed by atoms with Gasteiger partial charge in [0, 0.05) is 5.02 Å². The Hall–Kier alpha value is -1.83. The van der Waals surface area contributed by atoms with Crippen LogP contribution in [-0.2, 0) is 9.53 Å². The third-order valence-corrected chi connectivity index (χ3v) is 3.20. The van der Waals surface area contributed by atoms with Crippen LogP contribution in [0.2, 0.25) is 15.3 Å². The molecule has 0 fully saturated rings. The highest BCUT2D eigenvalue weighted by Gasteiger charge is 2.09. The Morgan fingerprint density at radius 2 is 1.91 bits per heavy atom. The molecule has 0 aliphatic carbocycles. The molecule has 0 bridgehead atoms. The quantitative estimate of drug-likeness (QED) is 0.745. The Kier molecular flexibility index (Phi) is 6.20. The first-order valence-electron chi connectivity index (χ1n) is 6.51. The fourth-order valence-corrected chi connectivity index (χ4v) is 2.18.